The Hall–Kier alpha value is -2.34. The van der Waals surface area contributed by atoms with Crippen molar-refractivity contribution in [2.24, 2.45) is 0 Å². The third-order valence-electron chi connectivity index (χ3n) is 3.41. The highest BCUT2D eigenvalue weighted by atomic mass is 32.1. The van der Waals surface area contributed by atoms with Crippen LogP contribution in [0.5, 0.6) is 0 Å². The number of halogens is 2. The lowest BCUT2D eigenvalue weighted by molar-refractivity contribution is 0.102. The Morgan fingerprint density at radius 1 is 1.09 bits per heavy atom. The third-order valence-corrected chi connectivity index (χ3v) is 4.34. The molecule has 22 heavy (non-hydrogen) atoms. The van der Waals surface area contributed by atoms with Crippen molar-refractivity contribution in [1.82, 2.24) is 4.98 Å². The lowest BCUT2D eigenvalue weighted by Gasteiger charge is -2.01. The fraction of sp³-hybridized carbons (Fsp3) is 0.125. The van der Waals surface area contributed by atoms with E-state index in [4.69, 9.17) is 0 Å². The average Bonchev–Trinajstić information content (AvgIpc) is 2.83. The zero-order chi connectivity index (χ0) is 15.9. The Kier molecular flexibility index (Phi) is 3.62. The van der Waals surface area contributed by atoms with Crippen LogP contribution in [0.2, 0.25) is 0 Å². The Labute approximate surface area is 129 Å². The van der Waals surface area contributed by atoms with Gasteiger partial charge in [0.1, 0.15) is 0 Å². The molecule has 0 bridgehead atoms. The van der Waals surface area contributed by atoms with Gasteiger partial charge in [0.25, 0.3) is 5.91 Å². The molecular formula is C16H12F2N2OS. The molecule has 112 valence electrons. The van der Waals surface area contributed by atoms with Gasteiger partial charge in [-0.3, -0.25) is 10.1 Å². The molecule has 3 rings (SSSR count). The van der Waals surface area contributed by atoms with Crippen molar-refractivity contribution in [3.05, 3.63) is 58.7 Å². The molecular weight excluding hydrogens is 306 g/mol. The second-order valence-electron chi connectivity index (χ2n) is 5.01. The molecule has 6 heteroatoms. The molecule has 0 aliphatic rings. The summed E-state index contributed by atoms with van der Waals surface area (Å²) in [6.45, 7) is 4.00. The van der Waals surface area contributed by atoms with Crippen LogP contribution in [0.3, 0.4) is 0 Å². The van der Waals surface area contributed by atoms with Gasteiger partial charge in [-0.15, -0.1) is 0 Å². The summed E-state index contributed by atoms with van der Waals surface area (Å²) < 4.78 is 27.0. The van der Waals surface area contributed by atoms with Crippen LogP contribution in [-0.4, -0.2) is 10.9 Å². The SMILES string of the molecule is Cc1cc2nc(NC(=O)c3ccc(F)c(F)c3)sc2cc1C. The lowest BCUT2D eigenvalue weighted by atomic mass is 10.1. The maximum Gasteiger partial charge on any atom is 0.257 e. The van der Waals surface area contributed by atoms with Gasteiger partial charge in [-0.1, -0.05) is 11.3 Å². The molecule has 3 aromatic rings. The molecule has 3 nitrogen and oxygen atoms in total. The minimum atomic E-state index is -1.05. The van der Waals surface area contributed by atoms with Crippen LogP contribution in [0.15, 0.2) is 30.3 Å². The summed E-state index contributed by atoms with van der Waals surface area (Å²) in [6, 6.07) is 6.99. The van der Waals surface area contributed by atoms with Crippen molar-refractivity contribution < 1.29 is 13.6 Å². The number of nitrogens with one attached hydrogen (secondary N) is 1. The minimum absolute atomic E-state index is 0.0468. The number of aryl methyl sites for hydroxylation is 2. The summed E-state index contributed by atoms with van der Waals surface area (Å²) in [5, 5.41) is 3.04. The lowest BCUT2D eigenvalue weighted by Crippen LogP contribution is -2.12. The van der Waals surface area contributed by atoms with Gasteiger partial charge in [0.05, 0.1) is 10.2 Å². The van der Waals surface area contributed by atoms with Crippen LogP contribution in [0, 0.1) is 25.5 Å². The molecule has 2 aromatic carbocycles. The quantitative estimate of drug-likeness (QED) is 0.759. The van der Waals surface area contributed by atoms with E-state index in [1.54, 1.807) is 0 Å². The van der Waals surface area contributed by atoms with E-state index in [0.29, 0.717) is 5.13 Å². The monoisotopic (exact) mass is 318 g/mol. The predicted molar refractivity (Wildman–Crippen MR) is 83.4 cm³/mol. The number of anilines is 1. The number of carbonyl (C=O) groups excluding carboxylic acids is 1. The number of nitrogens with zero attached hydrogens (tertiary/aromatic N) is 1. The molecule has 1 aromatic heterocycles. The summed E-state index contributed by atoms with van der Waals surface area (Å²) in [6.07, 6.45) is 0. The molecule has 0 aliphatic heterocycles. The van der Waals surface area contributed by atoms with E-state index >= 15 is 0 Å². The second-order valence-corrected chi connectivity index (χ2v) is 6.04. The van der Waals surface area contributed by atoms with Crippen LogP contribution in [-0.2, 0) is 0 Å². The first-order valence-electron chi connectivity index (χ1n) is 6.58. The number of amides is 1. The fourth-order valence-corrected chi connectivity index (χ4v) is 2.98. The fourth-order valence-electron chi connectivity index (χ4n) is 2.04. The van der Waals surface area contributed by atoms with Gasteiger partial charge in [0, 0.05) is 5.56 Å². The number of fused-ring (bicyclic) bond motifs is 1. The van der Waals surface area contributed by atoms with E-state index in [1.807, 2.05) is 26.0 Å². The van der Waals surface area contributed by atoms with Crippen molar-refractivity contribution >= 4 is 32.6 Å². The third kappa shape index (κ3) is 2.69. The maximum absolute atomic E-state index is 13.2. The average molecular weight is 318 g/mol. The number of hydrogen-bond acceptors (Lipinski definition) is 3. The summed E-state index contributed by atoms with van der Waals surface area (Å²) in [4.78, 5) is 16.4. The standard InChI is InChI=1S/C16H12F2N2OS/c1-8-5-13-14(6-9(8)2)22-16(19-13)20-15(21)10-3-4-11(17)12(18)7-10/h3-7H,1-2H3,(H,19,20,21). The van der Waals surface area contributed by atoms with E-state index in [2.05, 4.69) is 10.3 Å². The highest BCUT2D eigenvalue weighted by Gasteiger charge is 2.13. The van der Waals surface area contributed by atoms with Crippen LogP contribution in [0.25, 0.3) is 10.2 Å². The van der Waals surface area contributed by atoms with Crippen molar-refractivity contribution in [2.75, 3.05) is 5.32 Å². The van der Waals surface area contributed by atoms with Crippen molar-refractivity contribution in [1.29, 1.82) is 0 Å². The van der Waals surface area contributed by atoms with E-state index in [-0.39, 0.29) is 5.56 Å². The van der Waals surface area contributed by atoms with Crippen LogP contribution in [0.1, 0.15) is 21.5 Å². The Balaban J connectivity index is 1.89. The highest BCUT2D eigenvalue weighted by molar-refractivity contribution is 7.22. The molecule has 0 fully saturated rings. The first-order valence-corrected chi connectivity index (χ1v) is 7.40. The molecule has 0 radical (unpaired) electrons. The first kappa shape index (κ1) is 14.6. The zero-order valence-electron chi connectivity index (χ0n) is 11.9. The first-order chi connectivity index (χ1) is 10.4. The topological polar surface area (TPSA) is 42.0 Å². The van der Waals surface area contributed by atoms with E-state index in [0.717, 1.165) is 33.5 Å². The number of rotatable bonds is 2. The minimum Gasteiger partial charge on any atom is -0.298 e. The van der Waals surface area contributed by atoms with Crippen LogP contribution >= 0.6 is 11.3 Å². The van der Waals surface area contributed by atoms with Gasteiger partial charge in [-0.2, -0.15) is 0 Å². The smallest absolute Gasteiger partial charge is 0.257 e. The molecule has 0 aliphatic carbocycles. The Morgan fingerprint density at radius 3 is 2.55 bits per heavy atom. The van der Waals surface area contributed by atoms with Gasteiger partial charge in [0.15, 0.2) is 16.8 Å². The molecule has 1 amide bonds. The maximum atomic E-state index is 13.2. The van der Waals surface area contributed by atoms with Gasteiger partial charge in [-0.05, 0) is 55.3 Å². The van der Waals surface area contributed by atoms with Gasteiger partial charge in [-0.25, -0.2) is 13.8 Å². The zero-order valence-corrected chi connectivity index (χ0v) is 12.7. The van der Waals surface area contributed by atoms with Crippen LogP contribution in [0.4, 0.5) is 13.9 Å². The largest absolute Gasteiger partial charge is 0.298 e. The van der Waals surface area contributed by atoms with Gasteiger partial charge in [0.2, 0.25) is 0 Å². The summed E-state index contributed by atoms with van der Waals surface area (Å²) in [5.74, 6) is -2.56. The van der Waals surface area contributed by atoms with E-state index in [9.17, 15) is 13.6 Å². The van der Waals surface area contributed by atoms with Gasteiger partial charge >= 0.3 is 0 Å². The molecule has 0 unspecified atom stereocenters. The second kappa shape index (κ2) is 5.46. The number of carbonyl (C=O) groups is 1. The Morgan fingerprint density at radius 2 is 1.82 bits per heavy atom. The molecule has 0 saturated heterocycles. The normalized spacial score (nSPS) is 10.9. The summed E-state index contributed by atoms with van der Waals surface area (Å²) >= 11 is 1.34. The number of benzene rings is 2. The number of hydrogen-bond donors (Lipinski definition) is 1. The van der Waals surface area contributed by atoms with Crippen LogP contribution < -0.4 is 5.32 Å². The molecule has 0 spiro atoms. The molecule has 0 atom stereocenters. The van der Waals surface area contributed by atoms with E-state index in [1.165, 1.54) is 17.4 Å². The van der Waals surface area contributed by atoms with Crippen molar-refractivity contribution in [3.63, 3.8) is 0 Å². The summed E-state index contributed by atoms with van der Waals surface area (Å²) in [7, 11) is 0. The Bertz CT molecular complexity index is 850. The summed E-state index contributed by atoms with van der Waals surface area (Å²) in [5.41, 5.74) is 3.12. The number of aromatic nitrogens is 1. The van der Waals surface area contributed by atoms with Crippen molar-refractivity contribution in [3.8, 4) is 0 Å². The van der Waals surface area contributed by atoms with E-state index < -0.39 is 17.5 Å². The predicted octanol–water partition coefficient (Wildman–Crippen LogP) is 4.44. The number of thiazole rings is 1. The molecule has 1 N–H and O–H groups in total. The highest BCUT2D eigenvalue weighted by Crippen LogP contribution is 2.28. The molecule has 0 saturated carbocycles. The molecule has 1 heterocycles. The van der Waals surface area contributed by atoms with Gasteiger partial charge < -0.3 is 0 Å². The van der Waals surface area contributed by atoms with Crippen molar-refractivity contribution in [2.45, 2.75) is 13.8 Å².